The van der Waals surface area contributed by atoms with Gasteiger partial charge in [0.25, 0.3) is 11.8 Å². The van der Waals surface area contributed by atoms with Crippen molar-refractivity contribution >= 4 is 44.9 Å². The molecule has 0 unspecified atom stereocenters. The molecule has 3 aliphatic heterocycles. The van der Waals surface area contributed by atoms with Crippen LogP contribution in [0.1, 0.15) is 59.5 Å². The van der Waals surface area contributed by atoms with Crippen LogP contribution < -0.4 is 9.46 Å². The Hall–Kier alpha value is -4.20. The predicted molar refractivity (Wildman–Crippen MR) is 185 cm³/mol. The Balaban J connectivity index is 1.31. The molecular weight excluding hydrogens is 646 g/mol. The Bertz CT molecular complexity index is 1950. The molecule has 2 aromatic carbocycles. The number of nitrogens with one attached hydrogen (secondary N) is 1. The summed E-state index contributed by atoms with van der Waals surface area (Å²) in [7, 11) is 0.335. The van der Waals surface area contributed by atoms with E-state index in [1.807, 2.05) is 35.2 Å². The van der Waals surface area contributed by atoms with Gasteiger partial charge in [0, 0.05) is 67.9 Å². The van der Waals surface area contributed by atoms with E-state index in [9.17, 15) is 22.8 Å². The summed E-state index contributed by atoms with van der Waals surface area (Å²) in [5, 5.41) is 0.990. The SMILES string of the molecule is COc1ccc2c(c1)C=C(C(=O)N1CC(C(=O)N3CCOCC3)C1)Cn1c-2c(C2CCCCC2)c2ccc(C(=O)NS(=O)(=O)N(C)C)cc21. The van der Waals surface area contributed by atoms with Gasteiger partial charge in [-0.3, -0.25) is 14.4 Å². The van der Waals surface area contributed by atoms with Crippen molar-refractivity contribution in [3.05, 3.63) is 58.7 Å². The second-order valence-electron chi connectivity index (χ2n) is 13.6. The lowest BCUT2D eigenvalue weighted by atomic mass is 9.81. The van der Waals surface area contributed by atoms with Crippen LogP contribution in [0.4, 0.5) is 0 Å². The van der Waals surface area contributed by atoms with Crippen molar-refractivity contribution in [1.29, 1.82) is 0 Å². The van der Waals surface area contributed by atoms with Gasteiger partial charge in [-0.15, -0.1) is 0 Å². The number of methoxy groups -OCH3 is 1. The van der Waals surface area contributed by atoms with Gasteiger partial charge in [-0.1, -0.05) is 25.3 Å². The van der Waals surface area contributed by atoms with Crippen molar-refractivity contribution in [3.8, 4) is 17.0 Å². The fraction of sp³-hybridized carbons (Fsp3) is 0.472. The first kappa shape index (κ1) is 33.3. The first-order valence-corrected chi connectivity index (χ1v) is 18.4. The molecule has 0 spiro atoms. The Labute approximate surface area is 286 Å². The van der Waals surface area contributed by atoms with E-state index in [0.29, 0.717) is 50.7 Å². The first-order chi connectivity index (χ1) is 23.6. The molecule has 0 bridgehead atoms. The number of morpholine rings is 1. The van der Waals surface area contributed by atoms with E-state index in [1.165, 1.54) is 26.1 Å². The summed E-state index contributed by atoms with van der Waals surface area (Å²) >= 11 is 0. The third-order valence-electron chi connectivity index (χ3n) is 10.4. The summed E-state index contributed by atoms with van der Waals surface area (Å²) in [6.45, 7) is 3.16. The van der Waals surface area contributed by atoms with E-state index in [4.69, 9.17) is 9.47 Å². The summed E-state index contributed by atoms with van der Waals surface area (Å²) in [4.78, 5) is 44.2. The third kappa shape index (κ3) is 6.23. The standard InChI is InChI=1S/C36H43N5O7S/c1-38(2)49(45,46)37-34(42)24-9-11-30-31(19-24)41-22-26(35(43)40-20-27(21-40)36(44)39-13-15-48-16-14-39)17-25-18-28(47-3)10-12-29(25)33(41)32(30)23-7-5-4-6-8-23/h9-12,17-19,23,27H,4-8,13-16,20-22H2,1-3H3,(H,37,42). The van der Waals surface area contributed by atoms with Gasteiger partial charge in [0.15, 0.2) is 0 Å². The second-order valence-corrected chi connectivity index (χ2v) is 15.5. The van der Waals surface area contributed by atoms with Crippen LogP contribution in [-0.4, -0.2) is 105 Å². The highest BCUT2D eigenvalue weighted by Crippen LogP contribution is 2.47. The normalized spacial score (nSPS) is 18.7. The molecule has 4 heterocycles. The number of fused-ring (bicyclic) bond motifs is 5. The highest BCUT2D eigenvalue weighted by molar-refractivity contribution is 7.87. The maximum absolute atomic E-state index is 14.2. The van der Waals surface area contributed by atoms with Crippen LogP contribution in [0.3, 0.4) is 0 Å². The Morgan fingerprint density at radius 2 is 1.69 bits per heavy atom. The monoisotopic (exact) mass is 689 g/mol. The molecule has 2 saturated heterocycles. The van der Waals surface area contributed by atoms with Crippen LogP contribution in [0.2, 0.25) is 0 Å². The lowest BCUT2D eigenvalue weighted by Gasteiger charge is -2.41. The molecule has 3 aromatic rings. The number of ether oxygens (including phenoxy) is 2. The highest BCUT2D eigenvalue weighted by atomic mass is 32.2. The van der Waals surface area contributed by atoms with Gasteiger partial charge in [0.2, 0.25) is 5.91 Å². The molecule has 0 radical (unpaired) electrons. The van der Waals surface area contributed by atoms with Gasteiger partial charge in [0.1, 0.15) is 5.75 Å². The molecular formula is C36H43N5O7S. The van der Waals surface area contributed by atoms with Crippen LogP contribution in [0.5, 0.6) is 5.75 Å². The van der Waals surface area contributed by atoms with Crippen molar-refractivity contribution in [1.82, 2.24) is 23.4 Å². The molecule has 1 saturated carbocycles. The smallest absolute Gasteiger partial charge is 0.303 e. The quantitative estimate of drug-likeness (QED) is 0.401. The van der Waals surface area contributed by atoms with Gasteiger partial charge in [-0.05, 0) is 66.3 Å². The Kier molecular flexibility index (Phi) is 9.01. The van der Waals surface area contributed by atoms with Crippen LogP contribution in [-0.2, 0) is 31.1 Å². The molecule has 260 valence electrons. The molecule has 12 nitrogen and oxygen atoms in total. The van der Waals surface area contributed by atoms with Crippen molar-refractivity contribution in [2.75, 3.05) is 60.6 Å². The van der Waals surface area contributed by atoms with E-state index >= 15 is 0 Å². The van der Waals surface area contributed by atoms with E-state index in [2.05, 4.69) is 9.29 Å². The van der Waals surface area contributed by atoms with Gasteiger partial charge in [-0.2, -0.15) is 12.7 Å². The van der Waals surface area contributed by atoms with Crippen molar-refractivity contribution < 1.29 is 32.3 Å². The number of likely N-dealkylation sites (tertiary alicyclic amines) is 1. The summed E-state index contributed by atoms with van der Waals surface area (Å²) < 4.78 is 41.3. The zero-order valence-electron chi connectivity index (χ0n) is 28.2. The van der Waals surface area contributed by atoms with E-state index in [1.54, 1.807) is 24.1 Å². The average molecular weight is 690 g/mol. The number of aromatic nitrogens is 1. The summed E-state index contributed by atoms with van der Waals surface area (Å²) in [6.07, 6.45) is 7.43. The molecule has 1 aliphatic carbocycles. The number of hydrogen-bond acceptors (Lipinski definition) is 7. The molecule has 4 aliphatic rings. The summed E-state index contributed by atoms with van der Waals surface area (Å²) in [6, 6.07) is 11.2. The summed E-state index contributed by atoms with van der Waals surface area (Å²) in [5.41, 5.74) is 5.54. The zero-order valence-corrected chi connectivity index (χ0v) is 29.1. The highest BCUT2D eigenvalue weighted by Gasteiger charge is 2.40. The van der Waals surface area contributed by atoms with Gasteiger partial charge in [-0.25, -0.2) is 4.72 Å². The first-order valence-electron chi connectivity index (χ1n) is 17.0. The maximum atomic E-state index is 14.2. The minimum Gasteiger partial charge on any atom is -0.497 e. The number of hydrogen-bond donors (Lipinski definition) is 1. The number of rotatable bonds is 7. The van der Waals surface area contributed by atoms with E-state index < -0.39 is 16.1 Å². The van der Waals surface area contributed by atoms with Gasteiger partial charge in [0.05, 0.1) is 38.5 Å². The lowest BCUT2D eigenvalue weighted by molar-refractivity contribution is -0.149. The second kappa shape index (κ2) is 13.3. The van der Waals surface area contributed by atoms with Crippen LogP contribution in [0.25, 0.3) is 28.2 Å². The van der Waals surface area contributed by atoms with Gasteiger partial charge < -0.3 is 23.8 Å². The van der Waals surface area contributed by atoms with Crippen molar-refractivity contribution in [2.24, 2.45) is 5.92 Å². The molecule has 1 N–H and O–H groups in total. The summed E-state index contributed by atoms with van der Waals surface area (Å²) in [5.74, 6) is -0.0776. The lowest BCUT2D eigenvalue weighted by Crippen LogP contribution is -2.58. The molecule has 1 aromatic heterocycles. The third-order valence-corrected chi connectivity index (χ3v) is 11.8. The average Bonchev–Trinajstić information content (AvgIpc) is 3.30. The largest absolute Gasteiger partial charge is 0.497 e. The number of nitrogens with zero attached hydrogens (tertiary/aromatic N) is 4. The number of carbonyl (C=O) groups is 3. The molecule has 7 rings (SSSR count). The van der Waals surface area contributed by atoms with Crippen molar-refractivity contribution in [3.63, 3.8) is 0 Å². The van der Waals surface area contributed by atoms with Crippen LogP contribution >= 0.6 is 0 Å². The molecule has 49 heavy (non-hydrogen) atoms. The molecule has 3 amide bonds. The Morgan fingerprint density at radius 1 is 0.959 bits per heavy atom. The van der Waals surface area contributed by atoms with Crippen LogP contribution in [0, 0.1) is 5.92 Å². The Morgan fingerprint density at radius 3 is 2.39 bits per heavy atom. The minimum atomic E-state index is -4.00. The zero-order chi connectivity index (χ0) is 34.4. The molecule has 0 atom stereocenters. The number of benzene rings is 2. The number of carbonyl (C=O) groups excluding carboxylic acids is 3. The van der Waals surface area contributed by atoms with E-state index in [0.717, 1.165) is 57.7 Å². The molecule has 3 fully saturated rings. The fourth-order valence-corrected chi connectivity index (χ4v) is 8.16. The van der Waals surface area contributed by atoms with Crippen molar-refractivity contribution in [2.45, 2.75) is 44.6 Å². The topological polar surface area (TPSA) is 130 Å². The number of amides is 3. The van der Waals surface area contributed by atoms with Crippen LogP contribution in [0.15, 0.2) is 42.0 Å². The van der Waals surface area contributed by atoms with Gasteiger partial charge >= 0.3 is 10.2 Å². The van der Waals surface area contributed by atoms with E-state index in [-0.39, 0.29) is 35.8 Å². The maximum Gasteiger partial charge on any atom is 0.303 e. The predicted octanol–water partition coefficient (Wildman–Crippen LogP) is 3.62. The fourth-order valence-electron chi connectivity index (χ4n) is 7.63. The molecule has 13 heteroatoms. The minimum absolute atomic E-state index is 0.0650.